The van der Waals surface area contributed by atoms with E-state index in [2.05, 4.69) is 51.0 Å². The van der Waals surface area contributed by atoms with Crippen molar-refractivity contribution in [3.8, 4) is 10.9 Å². The standard InChI is InChI=1S/C19H25N5OS/c1-4-23(5-2)18-21-22-19(26-18)24-11-7-9-16(24)14-20-13-15-8-6-10-17(12-15)25-3/h6-12,20H,4-5,13-14H2,1-3H3. The van der Waals surface area contributed by atoms with Crippen LogP contribution in [0.15, 0.2) is 42.6 Å². The zero-order valence-corrected chi connectivity index (χ0v) is 16.3. The molecule has 0 aliphatic heterocycles. The number of aromatic nitrogens is 3. The van der Waals surface area contributed by atoms with E-state index in [1.54, 1.807) is 18.4 Å². The lowest BCUT2D eigenvalue weighted by molar-refractivity contribution is 0.414. The fourth-order valence-corrected chi connectivity index (χ4v) is 3.78. The third-order valence-corrected chi connectivity index (χ3v) is 5.23. The SMILES string of the molecule is CCN(CC)c1nnc(-n2cccc2CNCc2cccc(OC)c2)s1. The fourth-order valence-electron chi connectivity index (χ4n) is 2.79. The smallest absolute Gasteiger partial charge is 0.218 e. The molecule has 2 aromatic heterocycles. The Bertz CT molecular complexity index is 825. The molecule has 0 saturated carbocycles. The Labute approximate surface area is 158 Å². The molecule has 1 aromatic carbocycles. The Morgan fingerprint density at radius 3 is 2.73 bits per heavy atom. The van der Waals surface area contributed by atoms with Crippen LogP contribution in [-0.2, 0) is 13.1 Å². The summed E-state index contributed by atoms with van der Waals surface area (Å²) in [6, 6.07) is 12.3. The first-order valence-electron chi connectivity index (χ1n) is 8.83. The number of benzene rings is 1. The van der Waals surface area contributed by atoms with Gasteiger partial charge in [0.2, 0.25) is 10.3 Å². The predicted octanol–water partition coefficient (Wildman–Crippen LogP) is 3.47. The predicted molar refractivity (Wildman–Crippen MR) is 106 cm³/mol. The number of anilines is 1. The van der Waals surface area contributed by atoms with Crippen LogP contribution in [0.1, 0.15) is 25.1 Å². The Balaban J connectivity index is 1.65. The molecule has 0 spiro atoms. The van der Waals surface area contributed by atoms with Crippen molar-refractivity contribution in [1.29, 1.82) is 0 Å². The Hall–Kier alpha value is -2.38. The molecule has 0 fully saturated rings. The highest BCUT2D eigenvalue weighted by atomic mass is 32.1. The molecule has 0 aliphatic carbocycles. The minimum atomic E-state index is 0.754. The maximum Gasteiger partial charge on any atom is 0.218 e. The molecule has 0 aliphatic rings. The average molecular weight is 372 g/mol. The van der Waals surface area contributed by atoms with Gasteiger partial charge < -0.3 is 15.0 Å². The molecule has 0 amide bonds. The van der Waals surface area contributed by atoms with Crippen LogP contribution in [0, 0.1) is 0 Å². The van der Waals surface area contributed by atoms with Crippen molar-refractivity contribution >= 4 is 16.5 Å². The first-order chi connectivity index (χ1) is 12.7. The van der Waals surface area contributed by atoms with Crippen molar-refractivity contribution in [1.82, 2.24) is 20.1 Å². The van der Waals surface area contributed by atoms with Crippen molar-refractivity contribution in [3.63, 3.8) is 0 Å². The number of nitrogens with one attached hydrogen (secondary N) is 1. The summed E-state index contributed by atoms with van der Waals surface area (Å²) in [6.07, 6.45) is 2.04. The molecule has 0 bridgehead atoms. The van der Waals surface area contributed by atoms with Crippen LogP contribution >= 0.6 is 11.3 Å². The zero-order valence-electron chi connectivity index (χ0n) is 15.5. The molecule has 0 unspecified atom stereocenters. The monoisotopic (exact) mass is 371 g/mol. The van der Waals surface area contributed by atoms with Gasteiger partial charge in [0.1, 0.15) is 5.75 Å². The van der Waals surface area contributed by atoms with E-state index in [0.717, 1.165) is 47.9 Å². The second kappa shape index (κ2) is 8.82. The maximum absolute atomic E-state index is 5.27. The van der Waals surface area contributed by atoms with E-state index in [0.29, 0.717) is 0 Å². The van der Waals surface area contributed by atoms with E-state index in [9.17, 15) is 0 Å². The topological polar surface area (TPSA) is 55.2 Å². The largest absolute Gasteiger partial charge is 0.497 e. The van der Waals surface area contributed by atoms with Gasteiger partial charge in [0.25, 0.3) is 0 Å². The summed E-state index contributed by atoms with van der Waals surface area (Å²) in [5.74, 6) is 0.880. The van der Waals surface area contributed by atoms with E-state index in [4.69, 9.17) is 4.74 Å². The van der Waals surface area contributed by atoms with Gasteiger partial charge in [0.05, 0.1) is 7.11 Å². The highest BCUT2D eigenvalue weighted by Crippen LogP contribution is 2.24. The first-order valence-corrected chi connectivity index (χ1v) is 9.65. The molecular formula is C19H25N5OS. The summed E-state index contributed by atoms with van der Waals surface area (Å²) in [6.45, 7) is 7.67. The van der Waals surface area contributed by atoms with E-state index >= 15 is 0 Å². The van der Waals surface area contributed by atoms with Crippen molar-refractivity contribution in [2.24, 2.45) is 0 Å². The minimum absolute atomic E-state index is 0.754. The van der Waals surface area contributed by atoms with Gasteiger partial charge in [-0.25, -0.2) is 0 Å². The third kappa shape index (κ3) is 4.23. The highest BCUT2D eigenvalue weighted by Gasteiger charge is 2.12. The molecular weight excluding hydrogens is 346 g/mol. The molecule has 6 nitrogen and oxygen atoms in total. The van der Waals surface area contributed by atoms with Crippen LogP contribution in [-0.4, -0.2) is 35.0 Å². The number of ether oxygens (including phenoxy) is 1. The van der Waals surface area contributed by atoms with Gasteiger partial charge in [-0.2, -0.15) is 0 Å². The number of hydrogen-bond donors (Lipinski definition) is 1. The van der Waals surface area contributed by atoms with Crippen molar-refractivity contribution in [3.05, 3.63) is 53.9 Å². The Morgan fingerprint density at radius 2 is 1.96 bits per heavy atom. The lowest BCUT2D eigenvalue weighted by Crippen LogP contribution is -2.21. The third-order valence-electron chi connectivity index (χ3n) is 4.25. The van der Waals surface area contributed by atoms with Crippen LogP contribution in [0.4, 0.5) is 5.13 Å². The molecule has 0 saturated heterocycles. The van der Waals surface area contributed by atoms with E-state index in [-0.39, 0.29) is 0 Å². The van der Waals surface area contributed by atoms with Gasteiger partial charge in [-0.15, -0.1) is 10.2 Å². The van der Waals surface area contributed by atoms with Gasteiger partial charge in [-0.1, -0.05) is 23.5 Å². The fraction of sp³-hybridized carbons (Fsp3) is 0.368. The van der Waals surface area contributed by atoms with Crippen LogP contribution < -0.4 is 15.0 Å². The molecule has 2 heterocycles. The molecule has 1 N–H and O–H groups in total. The van der Waals surface area contributed by atoms with E-state index in [1.807, 2.05) is 30.5 Å². The molecule has 26 heavy (non-hydrogen) atoms. The van der Waals surface area contributed by atoms with E-state index < -0.39 is 0 Å². The lowest BCUT2D eigenvalue weighted by atomic mass is 10.2. The summed E-state index contributed by atoms with van der Waals surface area (Å²) >= 11 is 1.62. The van der Waals surface area contributed by atoms with Crippen LogP contribution in [0.3, 0.4) is 0 Å². The average Bonchev–Trinajstić information content (AvgIpc) is 3.32. The normalized spacial score (nSPS) is 10.9. The molecule has 3 aromatic rings. The number of hydrogen-bond acceptors (Lipinski definition) is 6. The summed E-state index contributed by atoms with van der Waals surface area (Å²) in [7, 11) is 1.69. The van der Waals surface area contributed by atoms with Gasteiger partial charge in [0.15, 0.2) is 0 Å². The number of nitrogens with zero attached hydrogens (tertiary/aromatic N) is 4. The Morgan fingerprint density at radius 1 is 1.12 bits per heavy atom. The number of methoxy groups -OCH3 is 1. The number of rotatable bonds is 9. The molecule has 0 atom stereocenters. The van der Waals surface area contributed by atoms with Crippen LogP contribution in [0.25, 0.3) is 5.13 Å². The van der Waals surface area contributed by atoms with Gasteiger partial charge >= 0.3 is 0 Å². The van der Waals surface area contributed by atoms with Crippen molar-refractivity contribution in [2.45, 2.75) is 26.9 Å². The molecule has 138 valence electrons. The summed E-state index contributed by atoms with van der Waals surface area (Å²) < 4.78 is 7.37. The molecule has 0 radical (unpaired) electrons. The highest BCUT2D eigenvalue weighted by molar-refractivity contribution is 7.17. The van der Waals surface area contributed by atoms with Crippen molar-refractivity contribution in [2.75, 3.05) is 25.1 Å². The van der Waals surface area contributed by atoms with Gasteiger partial charge in [0, 0.05) is 38.1 Å². The second-order valence-corrected chi connectivity index (χ2v) is 6.80. The summed E-state index contributed by atoms with van der Waals surface area (Å²) in [4.78, 5) is 2.21. The van der Waals surface area contributed by atoms with E-state index in [1.165, 1.54) is 5.56 Å². The maximum atomic E-state index is 5.27. The van der Waals surface area contributed by atoms with Gasteiger partial charge in [-0.05, 0) is 43.7 Å². The summed E-state index contributed by atoms with van der Waals surface area (Å²) in [5, 5.41) is 14.1. The van der Waals surface area contributed by atoms with Crippen LogP contribution in [0.2, 0.25) is 0 Å². The lowest BCUT2D eigenvalue weighted by Gasteiger charge is -2.15. The Kier molecular flexibility index (Phi) is 6.25. The quantitative estimate of drug-likeness (QED) is 0.624. The second-order valence-electron chi connectivity index (χ2n) is 5.86. The first kappa shape index (κ1) is 18.4. The zero-order chi connectivity index (χ0) is 18.4. The van der Waals surface area contributed by atoms with Gasteiger partial charge in [-0.3, -0.25) is 4.57 Å². The summed E-state index contributed by atoms with van der Waals surface area (Å²) in [5.41, 5.74) is 2.36. The van der Waals surface area contributed by atoms with Crippen molar-refractivity contribution < 1.29 is 4.74 Å². The van der Waals surface area contributed by atoms with Crippen LogP contribution in [0.5, 0.6) is 5.75 Å². The molecule has 3 rings (SSSR count). The molecule has 7 heteroatoms. The minimum Gasteiger partial charge on any atom is -0.497 e.